The van der Waals surface area contributed by atoms with Gasteiger partial charge in [0, 0.05) is 12.7 Å². The predicted molar refractivity (Wildman–Crippen MR) is 126 cm³/mol. The lowest BCUT2D eigenvalue weighted by atomic mass is 10.1. The summed E-state index contributed by atoms with van der Waals surface area (Å²) in [6.07, 6.45) is 1.96. The van der Waals surface area contributed by atoms with E-state index >= 15 is 0 Å². The van der Waals surface area contributed by atoms with E-state index in [4.69, 9.17) is 9.73 Å². The van der Waals surface area contributed by atoms with E-state index in [0.717, 1.165) is 35.1 Å². The number of benzene rings is 2. The van der Waals surface area contributed by atoms with Crippen LogP contribution in [0.15, 0.2) is 84.0 Å². The number of rotatable bonds is 9. The van der Waals surface area contributed by atoms with Gasteiger partial charge < -0.3 is 15.4 Å². The predicted octanol–water partition coefficient (Wildman–Crippen LogP) is 3.70. The number of pyridine rings is 1. The fourth-order valence-electron chi connectivity index (χ4n) is 3.39. The standard InChI is InChI=1S/C25H28N6O/c1-2-26-25(28-17-24-30-29-23-14-8-9-15-31(23)24)27-16-21-12-6-7-13-22(21)19-32-18-20-10-4-3-5-11-20/h3-15H,2,16-19H2,1H3,(H2,26,27,28). The number of aliphatic imine (C=N–C) groups is 1. The summed E-state index contributed by atoms with van der Waals surface area (Å²) in [5, 5.41) is 15.1. The molecular weight excluding hydrogens is 400 g/mol. The Kier molecular flexibility index (Phi) is 7.44. The molecule has 4 aromatic rings. The molecule has 0 fully saturated rings. The Balaban J connectivity index is 1.38. The lowest BCUT2D eigenvalue weighted by Crippen LogP contribution is -2.37. The molecule has 0 amide bonds. The van der Waals surface area contributed by atoms with Crippen LogP contribution in [0.1, 0.15) is 29.4 Å². The first kappa shape index (κ1) is 21.5. The molecule has 7 nitrogen and oxygen atoms in total. The van der Waals surface area contributed by atoms with Crippen molar-refractivity contribution in [1.29, 1.82) is 0 Å². The van der Waals surface area contributed by atoms with Crippen molar-refractivity contribution in [1.82, 2.24) is 25.2 Å². The molecule has 2 aromatic carbocycles. The van der Waals surface area contributed by atoms with Crippen molar-refractivity contribution in [3.63, 3.8) is 0 Å². The SMILES string of the molecule is CCNC(=NCc1ccccc1COCc1ccccc1)NCc1nnc2ccccn12. The van der Waals surface area contributed by atoms with E-state index in [0.29, 0.717) is 26.3 Å². The molecule has 4 rings (SSSR count). The zero-order valence-electron chi connectivity index (χ0n) is 18.2. The van der Waals surface area contributed by atoms with Crippen LogP contribution in [-0.2, 0) is 31.0 Å². The summed E-state index contributed by atoms with van der Waals surface area (Å²) in [6, 6.07) is 24.3. The maximum atomic E-state index is 5.94. The van der Waals surface area contributed by atoms with Gasteiger partial charge in [0.2, 0.25) is 0 Å². The normalized spacial score (nSPS) is 11.6. The Bertz CT molecular complexity index is 1160. The smallest absolute Gasteiger partial charge is 0.191 e. The second kappa shape index (κ2) is 11.1. The Morgan fingerprint density at radius 1 is 0.875 bits per heavy atom. The number of nitrogens with one attached hydrogen (secondary N) is 2. The van der Waals surface area contributed by atoms with E-state index in [2.05, 4.69) is 52.0 Å². The minimum Gasteiger partial charge on any atom is -0.372 e. The molecule has 0 aliphatic carbocycles. The average Bonchev–Trinajstić information content (AvgIpc) is 3.25. The molecule has 0 atom stereocenters. The van der Waals surface area contributed by atoms with Crippen molar-refractivity contribution in [2.45, 2.75) is 33.2 Å². The Hall–Kier alpha value is -3.71. The number of fused-ring (bicyclic) bond motifs is 1. The van der Waals surface area contributed by atoms with E-state index in [1.807, 2.05) is 59.1 Å². The van der Waals surface area contributed by atoms with E-state index in [1.165, 1.54) is 5.56 Å². The van der Waals surface area contributed by atoms with Crippen LogP contribution in [-0.4, -0.2) is 27.1 Å². The minimum atomic E-state index is 0.527. The zero-order valence-corrected chi connectivity index (χ0v) is 18.2. The molecule has 0 spiro atoms. The number of ether oxygens (including phenoxy) is 1. The summed E-state index contributed by atoms with van der Waals surface area (Å²) in [6.45, 7) is 5.05. The second-order valence-electron chi connectivity index (χ2n) is 7.34. The van der Waals surface area contributed by atoms with Crippen molar-refractivity contribution in [2.24, 2.45) is 4.99 Å². The van der Waals surface area contributed by atoms with Crippen LogP contribution in [0.25, 0.3) is 5.65 Å². The van der Waals surface area contributed by atoms with Crippen molar-refractivity contribution in [3.8, 4) is 0 Å². The lowest BCUT2D eigenvalue weighted by Gasteiger charge is -2.12. The molecule has 0 saturated heterocycles. The van der Waals surface area contributed by atoms with Gasteiger partial charge >= 0.3 is 0 Å². The van der Waals surface area contributed by atoms with Gasteiger partial charge in [0.15, 0.2) is 17.4 Å². The molecule has 0 aliphatic rings. The molecule has 0 radical (unpaired) electrons. The quantitative estimate of drug-likeness (QED) is 0.314. The highest BCUT2D eigenvalue weighted by atomic mass is 16.5. The third-order valence-electron chi connectivity index (χ3n) is 5.04. The minimum absolute atomic E-state index is 0.527. The third kappa shape index (κ3) is 5.70. The maximum absolute atomic E-state index is 5.94. The lowest BCUT2D eigenvalue weighted by molar-refractivity contribution is 0.106. The summed E-state index contributed by atoms with van der Waals surface area (Å²) in [5.41, 5.74) is 4.29. The molecule has 0 bridgehead atoms. The number of hydrogen-bond acceptors (Lipinski definition) is 4. The maximum Gasteiger partial charge on any atom is 0.191 e. The van der Waals surface area contributed by atoms with Crippen molar-refractivity contribution in [2.75, 3.05) is 6.54 Å². The summed E-state index contributed by atoms with van der Waals surface area (Å²) < 4.78 is 7.91. The van der Waals surface area contributed by atoms with Gasteiger partial charge in [-0.1, -0.05) is 60.7 Å². The van der Waals surface area contributed by atoms with Crippen molar-refractivity contribution >= 4 is 11.6 Å². The van der Waals surface area contributed by atoms with E-state index in [1.54, 1.807) is 0 Å². The molecule has 0 saturated carbocycles. The van der Waals surface area contributed by atoms with Crippen LogP contribution in [0.2, 0.25) is 0 Å². The molecule has 0 unspecified atom stereocenters. The fraction of sp³-hybridized carbons (Fsp3) is 0.240. The largest absolute Gasteiger partial charge is 0.372 e. The first-order chi connectivity index (χ1) is 15.8. The fourth-order valence-corrected chi connectivity index (χ4v) is 3.39. The second-order valence-corrected chi connectivity index (χ2v) is 7.34. The van der Waals surface area contributed by atoms with Crippen LogP contribution in [0.4, 0.5) is 0 Å². The van der Waals surface area contributed by atoms with Gasteiger partial charge in [0.1, 0.15) is 0 Å². The first-order valence-electron chi connectivity index (χ1n) is 10.8. The van der Waals surface area contributed by atoms with Gasteiger partial charge in [-0.3, -0.25) is 4.40 Å². The third-order valence-corrected chi connectivity index (χ3v) is 5.04. The van der Waals surface area contributed by atoms with Gasteiger partial charge in [-0.25, -0.2) is 4.99 Å². The number of hydrogen-bond donors (Lipinski definition) is 2. The molecule has 7 heteroatoms. The Morgan fingerprint density at radius 3 is 2.50 bits per heavy atom. The summed E-state index contributed by atoms with van der Waals surface area (Å²) >= 11 is 0. The highest BCUT2D eigenvalue weighted by molar-refractivity contribution is 5.79. The van der Waals surface area contributed by atoms with E-state index < -0.39 is 0 Å². The molecule has 2 aromatic heterocycles. The van der Waals surface area contributed by atoms with Crippen LogP contribution in [0, 0.1) is 0 Å². The molecule has 2 heterocycles. The molecule has 32 heavy (non-hydrogen) atoms. The van der Waals surface area contributed by atoms with Crippen molar-refractivity contribution < 1.29 is 4.74 Å². The highest BCUT2D eigenvalue weighted by Gasteiger charge is 2.07. The number of guanidine groups is 1. The van der Waals surface area contributed by atoms with Gasteiger partial charge in [0.25, 0.3) is 0 Å². The van der Waals surface area contributed by atoms with Gasteiger partial charge in [-0.05, 0) is 35.7 Å². The van der Waals surface area contributed by atoms with Gasteiger partial charge in [0.05, 0.1) is 26.3 Å². The average molecular weight is 429 g/mol. The monoisotopic (exact) mass is 428 g/mol. The van der Waals surface area contributed by atoms with E-state index in [-0.39, 0.29) is 0 Å². The summed E-state index contributed by atoms with van der Waals surface area (Å²) in [4.78, 5) is 4.77. The molecule has 164 valence electrons. The topological polar surface area (TPSA) is 75.8 Å². The number of nitrogens with zero attached hydrogens (tertiary/aromatic N) is 4. The summed E-state index contributed by atoms with van der Waals surface area (Å²) in [7, 11) is 0. The Labute approximate surface area is 188 Å². The van der Waals surface area contributed by atoms with Crippen LogP contribution < -0.4 is 10.6 Å². The molecular formula is C25H28N6O. The van der Waals surface area contributed by atoms with Crippen molar-refractivity contribution in [3.05, 3.63) is 102 Å². The zero-order chi connectivity index (χ0) is 22.0. The highest BCUT2D eigenvalue weighted by Crippen LogP contribution is 2.13. The van der Waals surface area contributed by atoms with Crippen LogP contribution >= 0.6 is 0 Å². The number of aromatic nitrogens is 3. The molecule has 0 aliphatic heterocycles. The Morgan fingerprint density at radius 2 is 1.66 bits per heavy atom. The first-order valence-corrected chi connectivity index (χ1v) is 10.8. The summed E-state index contributed by atoms with van der Waals surface area (Å²) in [5.74, 6) is 1.57. The van der Waals surface area contributed by atoms with Crippen LogP contribution in [0.5, 0.6) is 0 Å². The molecule has 2 N–H and O–H groups in total. The van der Waals surface area contributed by atoms with Crippen LogP contribution in [0.3, 0.4) is 0 Å². The van der Waals surface area contributed by atoms with Gasteiger partial charge in [-0.2, -0.15) is 0 Å². The van der Waals surface area contributed by atoms with Gasteiger partial charge in [-0.15, -0.1) is 10.2 Å². The van der Waals surface area contributed by atoms with E-state index in [9.17, 15) is 0 Å².